The van der Waals surface area contributed by atoms with E-state index in [1.165, 1.54) is 0 Å². The number of fused-ring (bicyclic) bond motifs is 1. The molecule has 0 radical (unpaired) electrons. The van der Waals surface area contributed by atoms with Gasteiger partial charge in [-0.15, -0.1) is 0 Å². The van der Waals surface area contributed by atoms with E-state index >= 15 is 0 Å². The first kappa shape index (κ1) is 20.5. The topological polar surface area (TPSA) is 65.1 Å². The van der Waals surface area contributed by atoms with Crippen molar-refractivity contribution in [1.82, 2.24) is 19.9 Å². The molecule has 2 aromatic heterocycles. The molecule has 0 saturated heterocycles. The van der Waals surface area contributed by atoms with Crippen LogP contribution in [0, 0.1) is 0 Å². The van der Waals surface area contributed by atoms with Gasteiger partial charge in [0.05, 0.1) is 12.1 Å². The minimum absolute atomic E-state index is 0.0188. The van der Waals surface area contributed by atoms with Gasteiger partial charge in [0, 0.05) is 54.6 Å². The molecule has 1 aliphatic rings. The number of benzene rings is 2. The second kappa shape index (κ2) is 8.96. The molecule has 0 saturated carbocycles. The summed E-state index contributed by atoms with van der Waals surface area (Å²) in [6, 6.07) is 18.6. The Balaban J connectivity index is 1.51. The molecular formula is C25H22BrN5O. The van der Waals surface area contributed by atoms with Crippen molar-refractivity contribution in [2.45, 2.75) is 13.1 Å². The first-order valence-electron chi connectivity index (χ1n) is 10.5. The number of carbonyl (C=O) groups excluding carboxylic acids is 1. The van der Waals surface area contributed by atoms with E-state index in [0.29, 0.717) is 31.7 Å². The molecule has 3 heterocycles. The van der Waals surface area contributed by atoms with Gasteiger partial charge >= 0.3 is 0 Å². The maximum Gasteiger partial charge on any atom is 0.255 e. The normalized spacial score (nSPS) is 13.5. The van der Waals surface area contributed by atoms with Crippen molar-refractivity contribution in [3.8, 4) is 11.1 Å². The van der Waals surface area contributed by atoms with Crippen molar-refractivity contribution in [2.24, 2.45) is 0 Å². The predicted molar refractivity (Wildman–Crippen MR) is 128 cm³/mol. The Morgan fingerprint density at radius 3 is 2.69 bits per heavy atom. The van der Waals surface area contributed by atoms with Crippen LogP contribution in [0.5, 0.6) is 0 Å². The number of nitrogens with one attached hydrogen (secondary N) is 1. The number of carbonyl (C=O) groups is 1. The highest BCUT2D eigenvalue weighted by molar-refractivity contribution is 9.10. The van der Waals surface area contributed by atoms with E-state index in [9.17, 15) is 4.79 Å². The summed E-state index contributed by atoms with van der Waals surface area (Å²) < 4.78 is 0.796. The Bertz CT molecular complexity index is 1230. The largest absolute Gasteiger partial charge is 0.362 e. The monoisotopic (exact) mass is 487 g/mol. The predicted octanol–water partition coefficient (Wildman–Crippen LogP) is 4.90. The zero-order valence-electron chi connectivity index (χ0n) is 17.4. The molecule has 7 heteroatoms. The number of halogens is 1. The number of pyridine rings is 1. The number of H-pyrrole nitrogens is 1. The van der Waals surface area contributed by atoms with Crippen LogP contribution in [-0.2, 0) is 13.1 Å². The highest BCUT2D eigenvalue weighted by Gasteiger charge is 2.25. The number of aromatic amines is 1. The highest BCUT2D eigenvalue weighted by Crippen LogP contribution is 2.31. The van der Waals surface area contributed by atoms with Crippen LogP contribution < -0.4 is 4.90 Å². The van der Waals surface area contributed by atoms with Crippen LogP contribution >= 0.6 is 15.9 Å². The van der Waals surface area contributed by atoms with Gasteiger partial charge in [0.25, 0.3) is 5.91 Å². The third-order valence-corrected chi connectivity index (χ3v) is 6.10. The summed E-state index contributed by atoms with van der Waals surface area (Å²) in [5, 5.41) is 0. The standard InChI is InChI=1S/C25H22BrN5O/c26-22-13-20(14-27-15-22)25(32)31-11-10-30(17-24-28-8-9-29-24)23-7-6-19(12-21(23)16-31)18-4-2-1-3-5-18/h1-9,12-15H,10-11,16-17H2,(H,28,29). The van der Waals surface area contributed by atoms with Gasteiger partial charge in [-0.05, 0) is 50.8 Å². The molecule has 0 fully saturated rings. The summed E-state index contributed by atoms with van der Waals surface area (Å²) in [6.07, 6.45) is 6.91. The van der Waals surface area contributed by atoms with Crippen LogP contribution in [0.25, 0.3) is 11.1 Å². The van der Waals surface area contributed by atoms with Crippen LogP contribution in [0.3, 0.4) is 0 Å². The van der Waals surface area contributed by atoms with Gasteiger partial charge in [-0.1, -0.05) is 36.4 Å². The maximum atomic E-state index is 13.3. The van der Waals surface area contributed by atoms with Gasteiger partial charge < -0.3 is 14.8 Å². The molecule has 4 aromatic rings. The van der Waals surface area contributed by atoms with Crippen molar-refractivity contribution >= 4 is 27.5 Å². The molecule has 0 unspecified atom stereocenters. The molecule has 2 aromatic carbocycles. The number of imidazole rings is 1. The third-order valence-electron chi connectivity index (χ3n) is 5.66. The summed E-state index contributed by atoms with van der Waals surface area (Å²) >= 11 is 3.42. The second-order valence-corrected chi connectivity index (χ2v) is 8.70. The van der Waals surface area contributed by atoms with Gasteiger partial charge in [0.2, 0.25) is 0 Å². The average Bonchev–Trinajstić information content (AvgIpc) is 3.27. The van der Waals surface area contributed by atoms with Gasteiger partial charge in [-0.2, -0.15) is 0 Å². The van der Waals surface area contributed by atoms with Crippen LogP contribution in [0.1, 0.15) is 21.7 Å². The molecule has 1 amide bonds. The lowest BCUT2D eigenvalue weighted by Crippen LogP contribution is -2.35. The number of hydrogen-bond donors (Lipinski definition) is 1. The SMILES string of the molecule is O=C(c1cncc(Br)c1)N1CCN(Cc2ncc[nH]2)c2ccc(-c3ccccc3)cc2C1. The smallest absolute Gasteiger partial charge is 0.255 e. The third kappa shape index (κ3) is 4.29. The van der Waals surface area contributed by atoms with Crippen molar-refractivity contribution < 1.29 is 4.79 Å². The Hall–Kier alpha value is -3.45. The van der Waals surface area contributed by atoms with Crippen LogP contribution in [0.4, 0.5) is 5.69 Å². The molecule has 0 spiro atoms. The van der Waals surface area contributed by atoms with Gasteiger partial charge in [-0.3, -0.25) is 9.78 Å². The number of nitrogens with zero attached hydrogens (tertiary/aromatic N) is 4. The van der Waals surface area contributed by atoms with E-state index in [2.05, 4.69) is 66.1 Å². The first-order chi connectivity index (χ1) is 15.7. The fourth-order valence-electron chi connectivity index (χ4n) is 4.09. The Morgan fingerprint density at radius 1 is 1.03 bits per heavy atom. The van der Waals surface area contributed by atoms with Crippen LogP contribution in [0.2, 0.25) is 0 Å². The first-order valence-corrected chi connectivity index (χ1v) is 11.3. The summed E-state index contributed by atoms with van der Waals surface area (Å²) in [7, 11) is 0. The van der Waals surface area contributed by atoms with E-state index in [1.807, 2.05) is 35.4 Å². The molecule has 32 heavy (non-hydrogen) atoms. The molecule has 6 nitrogen and oxygen atoms in total. The molecule has 1 N–H and O–H groups in total. The van der Waals surface area contributed by atoms with Crippen LogP contribution in [-0.4, -0.2) is 38.8 Å². The molecule has 1 aliphatic heterocycles. The zero-order valence-corrected chi connectivity index (χ0v) is 19.0. The van der Waals surface area contributed by atoms with Crippen molar-refractivity contribution in [3.05, 3.63) is 101 Å². The summed E-state index contributed by atoms with van der Waals surface area (Å²) in [5.74, 6) is 0.883. The van der Waals surface area contributed by atoms with Crippen molar-refractivity contribution in [3.63, 3.8) is 0 Å². The lowest BCUT2D eigenvalue weighted by molar-refractivity contribution is 0.0751. The Morgan fingerprint density at radius 2 is 1.91 bits per heavy atom. The molecule has 0 atom stereocenters. The lowest BCUT2D eigenvalue weighted by atomic mass is 10.0. The quantitative estimate of drug-likeness (QED) is 0.444. The molecule has 0 bridgehead atoms. The lowest BCUT2D eigenvalue weighted by Gasteiger charge is -2.24. The molecule has 5 rings (SSSR count). The van der Waals surface area contributed by atoms with E-state index in [-0.39, 0.29) is 5.91 Å². The highest BCUT2D eigenvalue weighted by atomic mass is 79.9. The second-order valence-electron chi connectivity index (χ2n) is 7.79. The molecular weight excluding hydrogens is 466 g/mol. The Kier molecular flexibility index (Phi) is 5.73. The van der Waals surface area contributed by atoms with E-state index < -0.39 is 0 Å². The minimum atomic E-state index is -0.0188. The van der Waals surface area contributed by atoms with Crippen molar-refractivity contribution in [1.29, 1.82) is 0 Å². The van der Waals surface area contributed by atoms with Gasteiger partial charge in [-0.25, -0.2) is 4.98 Å². The minimum Gasteiger partial charge on any atom is -0.362 e. The molecule has 0 aliphatic carbocycles. The average molecular weight is 488 g/mol. The summed E-state index contributed by atoms with van der Waals surface area (Å²) in [4.78, 5) is 29.3. The van der Waals surface area contributed by atoms with E-state index in [0.717, 1.165) is 32.7 Å². The van der Waals surface area contributed by atoms with E-state index in [1.54, 1.807) is 18.6 Å². The Labute approximate surface area is 195 Å². The van der Waals surface area contributed by atoms with Gasteiger partial charge in [0.15, 0.2) is 0 Å². The number of aromatic nitrogens is 3. The molecule has 160 valence electrons. The zero-order chi connectivity index (χ0) is 21.9. The number of rotatable bonds is 4. The number of amides is 1. The number of anilines is 1. The van der Waals surface area contributed by atoms with E-state index in [4.69, 9.17) is 0 Å². The summed E-state index contributed by atoms with van der Waals surface area (Å²) in [6.45, 7) is 2.52. The fraction of sp³-hybridized carbons (Fsp3) is 0.160. The fourth-order valence-corrected chi connectivity index (χ4v) is 4.46. The maximum absolute atomic E-state index is 13.3. The summed E-state index contributed by atoms with van der Waals surface area (Å²) in [5.41, 5.74) is 5.13. The van der Waals surface area contributed by atoms with Crippen LogP contribution in [0.15, 0.2) is 83.9 Å². The van der Waals surface area contributed by atoms with Crippen molar-refractivity contribution in [2.75, 3.05) is 18.0 Å². The number of hydrogen-bond acceptors (Lipinski definition) is 4. The van der Waals surface area contributed by atoms with Gasteiger partial charge in [0.1, 0.15) is 5.82 Å².